The monoisotopic (exact) mass is 1300 g/mol. The van der Waals surface area contributed by atoms with Gasteiger partial charge in [-0.05, 0) is 68.5 Å². The zero-order chi connectivity index (χ0) is 59.8. The van der Waals surface area contributed by atoms with Gasteiger partial charge in [0.2, 0.25) is 17.8 Å². The molecule has 2 aliphatic heterocycles. The van der Waals surface area contributed by atoms with Crippen molar-refractivity contribution in [3.8, 4) is 0 Å². The molecular weight excluding hydrogens is 1230 g/mol. The summed E-state index contributed by atoms with van der Waals surface area (Å²) >= 11 is 3.02. The summed E-state index contributed by atoms with van der Waals surface area (Å²) in [5, 5.41) is 24.5. The molecule has 2 aromatic heterocycles. The Bertz CT molecular complexity index is 2690. The molecule has 0 fully saturated rings. The Morgan fingerprint density at radius 2 is 1.12 bits per heavy atom. The molecule has 0 radical (unpaired) electrons. The van der Waals surface area contributed by atoms with Crippen LogP contribution < -0.4 is 57.1 Å². The largest absolute Gasteiger partial charge is 1.00 e. The van der Waals surface area contributed by atoms with E-state index >= 15 is 0 Å². The molecule has 2 aromatic carbocycles. The van der Waals surface area contributed by atoms with Gasteiger partial charge in [-0.25, -0.2) is 14.1 Å². The summed E-state index contributed by atoms with van der Waals surface area (Å²) in [6, 6.07) is 9.66. The summed E-state index contributed by atoms with van der Waals surface area (Å²) < 4.78 is 118. The third-order valence-electron chi connectivity index (χ3n) is 12.1. The third kappa shape index (κ3) is 22.6. The van der Waals surface area contributed by atoms with Gasteiger partial charge in [0.05, 0.1) is 53.9 Å². The first-order valence-corrected chi connectivity index (χ1v) is 27.4. The molecule has 4 aromatic rings. The highest BCUT2D eigenvalue weighted by atomic mass is 79.9. The van der Waals surface area contributed by atoms with Crippen molar-refractivity contribution in [3.63, 3.8) is 0 Å². The number of carbonyl (C=O) groups is 5. The number of benzene rings is 2. The van der Waals surface area contributed by atoms with Gasteiger partial charge >= 0.3 is 42.2 Å². The number of aromatic amines is 1. The van der Waals surface area contributed by atoms with Crippen molar-refractivity contribution in [2.45, 2.75) is 117 Å². The van der Waals surface area contributed by atoms with Crippen molar-refractivity contribution in [2.24, 2.45) is 20.5 Å². The number of amides is 5. The zero-order valence-electron chi connectivity index (χ0n) is 45.7. The number of aryl methyl sites for hydroxylation is 2. The van der Waals surface area contributed by atoms with E-state index in [0.29, 0.717) is 99.1 Å². The summed E-state index contributed by atoms with van der Waals surface area (Å²) in [7, 11) is 0. The summed E-state index contributed by atoms with van der Waals surface area (Å²) in [5.41, 5.74) is 2.15. The highest BCUT2D eigenvalue weighted by Gasteiger charge is 2.46. The second kappa shape index (κ2) is 34.1. The Morgan fingerprint density at radius 3 is 1.57 bits per heavy atom. The van der Waals surface area contributed by atoms with E-state index < -0.39 is 36.3 Å². The number of imidazole rings is 2. The van der Waals surface area contributed by atoms with E-state index in [1.54, 1.807) is 35.8 Å². The molecule has 454 valence electrons. The fourth-order valence-electron chi connectivity index (χ4n) is 8.18. The number of azo groups is 2. The summed E-state index contributed by atoms with van der Waals surface area (Å²) in [6.45, 7) is 11.1. The van der Waals surface area contributed by atoms with Gasteiger partial charge in [-0.1, -0.05) is 60.6 Å². The van der Waals surface area contributed by atoms with Crippen molar-refractivity contribution in [3.05, 3.63) is 61.2 Å². The van der Waals surface area contributed by atoms with Crippen LogP contribution in [0.2, 0.25) is 0 Å². The van der Waals surface area contributed by atoms with Crippen LogP contribution in [0.5, 0.6) is 0 Å². The predicted molar refractivity (Wildman–Crippen MR) is 289 cm³/mol. The average molecular weight is 1300 g/mol. The topological polar surface area (TPSA) is 221 Å². The van der Waals surface area contributed by atoms with Gasteiger partial charge in [-0.15, -0.1) is 10.2 Å². The first-order chi connectivity index (χ1) is 38.4. The van der Waals surface area contributed by atoms with E-state index in [1.165, 1.54) is 32.2 Å². The second-order valence-corrected chi connectivity index (χ2v) is 19.2. The van der Waals surface area contributed by atoms with Crippen LogP contribution in [0.15, 0.2) is 81.6 Å². The smallest absolute Gasteiger partial charge is 0.471 e. The maximum atomic E-state index is 13.4. The molecule has 0 aliphatic carbocycles. The van der Waals surface area contributed by atoms with Gasteiger partial charge in [-0.2, -0.15) is 39.5 Å². The fraction of sp³-hybridized carbons (Fsp3) is 0.549. The number of nitrogens with one attached hydrogen (secondary N) is 4. The van der Waals surface area contributed by atoms with Gasteiger partial charge in [0, 0.05) is 95.6 Å². The van der Waals surface area contributed by atoms with Gasteiger partial charge in [0.15, 0.2) is 0 Å². The van der Waals surface area contributed by atoms with Crippen LogP contribution >= 0.6 is 15.9 Å². The van der Waals surface area contributed by atoms with E-state index in [9.17, 15) is 63.5 Å². The standard InChI is InChI=1S/C28H39F3N8O3.C18H21F3N6O.C5H7BrF3NO.BrH/c1-4-5-6-13-36-18-19-39(26(42)28(29,30)31)25-20-23(9-10-24(25)36)34-35-27-37(14-7-11-32-21(2)40)16-17-38(27)15-8-12-33-22(3)41;1-2-3-4-9-26-10-11-27(16(28)18(19,20)21)15-12-13(5-6-14(15)26)24-25-17-22-7-8-23-17;6-2-1-3-10-4(11)5(7,8)9;/h9-10,16-17,20H,4-8,11-15,18-19H2,1-3H3,(H-,32,33,40,41);5-8,12H,2-4,9-11H2,1H3,(H,22,23);1-3H2,(H,10,11);1H. The van der Waals surface area contributed by atoms with Crippen molar-refractivity contribution >= 4 is 91.5 Å². The van der Waals surface area contributed by atoms with Crippen LogP contribution in [0, 0.1) is 0 Å². The normalized spacial score (nSPS) is 13.3. The molecule has 6 rings (SSSR count). The van der Waals surface area contributed by atoms with Crippen LogP contribution in [-0.2, 0) is 37.1 Å². The van der Waals surface area contributed by atoms with E-state index in [4.69, 9.17) is 0 Å². The minimum absolute atomic E-state index is 0. The molecule has 20 nitrogen and oxygen atoms in total. The van der Waals surface area contributed by atoms with Crippen LogP contribution in [0.3, 0.4) is 0 Å². The number of H-pyrrole nitrogens is 1. The highest BCUT2D eigenvalue weighted by Crippen LogP contribution is 2.40. The lowest BCUT2D eigenvalue weighted by molar-refractivity contribution is -0.683. The zero-order valence-corrected chi connectivity index (χ0v) is 48.9. The number of halogens is 11. The van der Waals surface area contributed by atoms with Crippen LogP contribution in [0.1, 0.15) is 85.5 Å². The van der Waals surface area contributed by atoms with Crippen LogP contribution in [-0.4, -0.2) is 127 Å². The fourth-order valence-corrected chi connectivity index (χ4v) is 8.46. The molecule has 0 spiro atoms. The van der Waals surface area contributed by atoms with Crippen molar-refractivity contribution < 1.29 is 85.0 Å². The number of nitrogens with zero attached hydrogens (tertiary/aromatic N) is 11. The molecule has 4 heterocycles. The Morgan fingerprint density at radius 1 is 0.622 bits per heavy atom. The number of alkyl halides is 10. The molecule has 5 amide bonds. The Labute approximate surface area is 487 Å². The van der Waals surface area contributed by atoms with E-state index in [2.05, 4.69) is 70.8 Å². The lowest BCUT2D eigenvalue weighted by Crippen LogP contribution is -3.00. The van der Waals surface area contributed by atoms with E-state index in [0.717, 1.165) is 54.9 Å². The number of carbonyl (C=O) groups excluding carboxylic acids is 5. The number of rotatable bonds is 23. The molecule has 82 heavy (non-hydrogen) atoms. The molecule has 0 saturated heterocycles. The molecular formula is C51H68Br2F9N15O5. The second-order valence-electron chi connectivity index (χ2n) is 18.4. The summed E-state index contributed by atoms with van der Waals surface area (Å²) in [4.78, 5) is 69.0. The number of fused-ring (bicyclic) bond motifs is 2. The summed E-state index contributed by atoms with van der Waals surface area (Å²) in [6.07, 6.45) is -0.226. The number of hydrogen-bond acceptors (Lipinski definition) is 12. The molecule has 0 bridgehead atoms. The lowest BCUT2D eigenvalue weighted by Gasteiger charge is -2.38. The summed E-state index contributed by atoms with van der Waals surface area (Å²) in [5.74, 6) is -5.11. The number of unbranched alkanes of at least 4 members (excludes halogenated alkanes) is 4. The first kappa shape index (κ1) is 69.6. The maximum Gasteiger partial charge on any atom is 0.471 e. The van der Waals surface area contributed by atoms with Crippen LogP contribution in [0.25, 0.3) is 0 Å². The van der Waals surface area contributed by atoms with Gasteiger partial charge in [0.1, 0.15) is 5.69 Å². The van der Waals surface area contributed by atoms with Gasteiger partial charge < -0.3 is 57.5 Å². The SMILES string of the molecule is CCCCCN1CCN(C(=O)C(F)(F)F)c2cc(N=Nc3n(CCCNC(C)=O)cc[n+]3CCCNC(C)=O)ccc21.CCCCCN1CCN(C(=O)C(F)(F)F)c2cc(N=Nc3ncc[nH]3)ccc21.O=C(NCCCBr)C(F)(F)F.[Br-]. The van der Waals surface area contributed by atoms with E-state index in [1.807, 2.05) is 31.3 Å². The minimum atomic E-state index is -5.00. The minimum Gasteiger partial charge on any atom is -1.00 e. The Kier molecular flexibility index (Phi) is 28.9. The van der Waals surface area contributed by atoms with E-state index in [-0.39, 0.29) is 65.8 Å². The predicted octanol–water partition coefficient (Wildman–Crippen LogP) is 7.33. The Hall–Kier alpha value is -6.66. The molecule has 0 unspecified atom stereocenters. The highest BCUT2D eigenvalue weighted by molar-refractivity contribution is 9.09. The first-order valence-electron chi connectivity index (χ1n) is 26.3. The van der Waals surface area contributed by atoms with Crippen molar-refractivity contribution in [2.75, 3.05) is 83.8 Å². The van der Waals surface area contributed by atoms with Crippen LogP contribution in [0.4, 0.5) is 85.5 Å². The molecule has 0 atom stereocenters. The molecule has 4 N–H and O–H groups in total. The third-order valence-corrected chi connectivity index (χ3v) is 12.7. The quantitative estimate of drug-likeness (QED) is 0.0193. The van der Waals surface area contributed by atoms with Crippen molar-refractivity contribution in [1.29, 1.82) is 0 Å². The van der Waals surface area contributed by atoms with Crippen molar-refractivity contribution in [1.82, 2.24) is 30.5 Å². The number of aromatic nitrogens is 4. The maximum absolute atomic E-state index is 13.4. The number of hydrogen-bond donors (Lipinski definition) is 4. The van der Waals surface area contributed by atoms with Gasteiger partial charge in [0.25, 0.3) is 0 Å². The Balaban J connectivity index is 0.000000377. The van der Waals surface area contributed by atoms with Gasteiger partial charge in [-0.3, -0.25) is 24.0 Å². The molecule has 2 aliphatic rings. The molecule has 31 heteroatoms. The number of anilines is 4. The molecule has 0 saturated carbocycles. The average Bonchev–Trinajstić information content (AvgIpc) is 4.19. The lowest BCUT2D eigenvalue weighted by atomic mass is 10.1.